The van der Waals surface area contributed by atoms with E-state index in [1.165, 1.54) is 23.9 Å². The third kappa shape index (κ3) is 3.94. The summed E-state index contributed by atoms with van der Waals surface area (Å²) in [7, 11) is 0. The van der Waals surface area contributed by atoms with E-state index in [9.17, 15) is 13.6 Å². The molecule has 4 nitrogen and oxygen atoms in total. The molecule has 2 unspecified atom stereocenters. The average Bonchev–Trinajstić information content (AvgIpc) is 2.56. The summed E-state index contributed by atoms with van der Waals surface area (Å²) >= 11 is 7.40. The number of amides is 1. The highest BCUT2D eigenvalue weighted by molar-refractivity contribution is 8.13. The monoisotopic (exact) mass is 397 g/mol. The summed E-state index contributed by atoms with van der Waals surface area (Å²) in [6.07, 6.45) is 4.39. The van der Waals surface area contributed by atoms with Crippen LogP contribution in [0.15, 0.2) is 46.9 Å². The van der Waals surface area contributed by atoms with E-state index in [0.29, 0.717) is 11.6 Å². The van der Waals surface area contributed by atoms with Crippen molar-refractivity contribution in [3.63, 3.8) is 0 Å². The Morgan fingerprint density at radius 1 is 1.46 bits per heavy atom. The molecular weight excluding hydrogens is 380 g/mol. The van der Waals surface area contributed by atoms with E-state index in [1.54, 1.807) is 6.08 Å². The molecule has 0 radical (unpaired) electrons. The molecule has 1 aromatic carbocycles. The lowest BCUT2D eigenvalue weighted by Crippen LogP contribution is -2.39. The number of nitrogens with zero attached hydrogens (tertiary/aromatic N) is 1. The van der Waals surface area contributed by atoms with Crippen LogP contribution in [-0.4, -0.2) is 22.4 Å². The molecule has 0 aromatic heterocycles. The molecule has 0 bridgehead atoms. The summed E-state index contributed by atoms with van der Waals surface area (Å²) < 4.78 is 27.4. The SMILES string of the molecule is CC1(C2C=C(NC(=O)c3ccc(F)cc3Cl)C(F)=CC2)CCSC(N)=N1. The zero-order chi connectivity index (χ0) is 18.9. The van der Waals surface area contributed by atoms with Gasteiger partial charge in [0.25, 0.3) is 5.91 Å². The van der Waals surface area contributed by atoms with Crippen molar-refractivity contribution in [2.24, 2.45) is 16.6 Å². The molecule has 0 spiro atoms. The molecule has 2 atom stereocenters. The predicted octanol–water partition coefficient (Wildman–Crippen LogP) is 4.18. The van der Waals surface area contributed by atoms with Crippen molar-refractivity contribution in [2.75, 3.05) is 5.75 Å². The molecule has 1 aliphatic carbocycles. The van der Waals surface area contributed by atoms with Crippen LogP contribution < -0.4 is 11.1 Å². The van der Waals surface area contributed by atoms with Gasteiger partial charge >= 0.3 is 0 Å². The van der Waals surface area contributed by atoms with Crippen molar-refractivity contribution in [1.29, 1.82) is 0 Å². The minimum Gasteiger partial charge on any atom is -0.379 e. The number of aliphatic imine (C=N–C) groups is 1. The zero-order valence-corrected chi connectivity index (χ0v) is 15.6. The summed E-state index contributed by atoms with van der Waals surface area (Å²) in [6, 6.07) is 3.43. The van der Waals surface area contributed by atoms with Crippen molar-refractivity contribution in [3.8, 4) is 0 Å². The summed E-state index contributed by atoms with van der Waals surface area (Å²) in [5.74, 6) is -0.917. The third-order valence-corrected chi connectivity index (χ3v) is 5.73. The van der Waals surface area contributed by atoms with Crippen LogP contribution in [0.3, 0.4) is 0 Å². The van der Waals surface area contributed by atoms with Crippen LogP contribution in [0.2, 0.25) is 5.02 Å². The first-order valence-electron chi connectivity index (χ1n) is 8.11. The van der Waals surface area contributed by atoms with Gasteiger partial charge in [0.05, 0.1) is 21.8 Å². The minimum atomic E-state index is -0.599. The van der Waals surface area contributed by atoms with Gasteiger partial charge in [-0.25, -0.2) is 8.78 Å². The number of carbonyl (C=O) groups is 1. The molecule has 26 heavy (non-hydrogen) atoms. The second-order valence-electron chi connectivity index (χ2n) is 6.46. The smallest absolute Gasteiger partial charge is 0.257 e. The van der Waals surface area contributed by atoms with Gasteiger partial charge < -0.3 is 11.1 Å². The van der Waals surface area contributed by atoms with Gasteiger partial charge in [0.2, 0.25) is 0 Å². The number of nitrogens with two attached hydrogens (primary N) is 1. The molecule has 1 aromatic rings. The number of hydrogen-bond donors (Lipinski definition) is 2. The Labute approximate surface area is 159 Å². The summed E-state index contributed by atoms with van der Waals surface area (Å²) in [5.41, 5.74) is 5.55. The highest BCUT2D eigenvalue weighted by Crippen LogP contribution is 2.38. The number of thioether (sulfide) groups is 1. The van der Waals surface area contributed by atoms with Crippen LogP contribution in [-0.2, 0) is 0 Å². The van der Waals surface area contributed by atoms with E-state index >= 15 is 0 Å². The molecule has 138 valence electrons. The molecule has 2 aliphatic rings. The van der Waals surface area contributed by atoms with Gasteiger partial charge in [0.15, 0.2) is 5.17 Å². The Morgan fingerprint density at radius 2 is 2.23 bits per heavy atom. The van der Waals surface area contributed by atoms with E-state index in [1.807, 2.05) is 6.92 Å². The van der Waals surface area contributed by atoms with E-state index < -0.39 is 23.1 Å². The summed E-state index contributed by atoms with van der Waals surface area (Å²) in [4.78, 5) is 16.9. The number of nitrogens with one attached hydrogen (secondary N) is 1. The molecule has 1 heterocycles. The van der Waals surface area contributed by atoms with Gasteiger partial charge in [-0.15, -0.1) is 0 Å². The standard InChI is InChI=1S/C18H18ClF2N3OS/c1-18(6-7-26-17(22)24-18)10-2-5-14(21)15(8-10)23-16(25)12-4-3-11(20)9-13(12)19/h3-5,8-10H,2,6-7H2,1H3,(H2,22,24)(H,23,25). The Morgan fingerprint density at radius 3 is 2.92 bits per heavy atom. The quantitative estimate of drug-likeness (QED) is 0.804. The summed E-state index contributed by atoms with van der Waals surface area (Å²) in [6.45, 7) is 1.98. The van der Waals surface area contributed by atoms with Gasteiger partial charge in [0, 0.05) is 11.7 Å². The van der Waals surface area contributed by atoms with Crippen molar-refractivity contribution < 1.29 is 13.6 Å². The first kappa shape index (κ1) is 18.9. The fourth-order valence-electron chi connectivity index (χ4n) is 3.06. The van der Waals surface area contributed by atoms with Gasteiger partial charge in [-0.3, -0.25) is 9.79 Å². The largest absolute Gasteiger partial charge is 0.379 e. The minimum absolute atomic E-state index is 0.0338. The molecule has 1 aliphatic heterocycles. The number of rotatable bonds is 3. The lowest BCUT2D eigenvalue weighted by Gasteiger charge is -2.36. The molecular formula is C18H18ClF2N3OS. The molecule has 0 fully saturated rings. The molecule has 3 N–H and O–H groups in total. The second kappa shape index (κ2) is 7.40. The Kier molecular flexibility index (Phi) is 5.39. The number of amidine groups is 1. The number of halogens is 3. The first-order chi connectivity index (χ1) is 12.3. The van der Waals surface area contributed by atoms with Crippen LogP contribution in [0, 0.1) is 11.7 Å². The van der Waals surface area contributed by atoms with Crippen LogP contribution in [0.1, 0.15) is 30.1 Å². The second-order valence-corrected chi connectivity index (χ2v) is 7.98. The third-order valence-electron chi connectivity index (χ3n) is 4.62. The van der Waals surface area contributed by atoms with Crippen LogP contribution >= 0.6 is 23.4 Å². The Balaban J connectivity index is 1.83. The van der Waals surface area contributed by atoms with E-state index in [0.717, 1.165) is 24.3 Å². The van der Waals surface area contributed by atoms with Crippen LogP contribution in [0.25, 0.3) is 0 Å². The average molecular weight is 398 g/mol. The molecule has 0 saturated carbocycles. The summed E-state index contributed by atoms with van der Waals surface area (Å²) in [5, 5.41) is 3.02. The number of hydrogen-bond acceptors (Lipinski definition) is 4. The maximum atomic E-state index is 14.3. The van der Waals surface area contributed by atoms with E-state index in [2.05, 4.69) is 10.3 Å². The first-order valence-corrected chi connectivity index (χ1v) is 9.47. The van der Waals surface area contributed by atoms with Crippen molar-refractivity contribution in [2.45, 2.75) is 25.3 Å². The maximum absolute atomic E-state index is 14.3. The normalized spacial score (nSPS) is 25.8. The lowest BCUT2D eigenvalue weighted by molar-refractivity contribution is 0.0964. The van der Waals surface area contributed by atoms with Crippen molar-refractivity contribution in [3.05, 3.63) is 58.3 Å². The maximum Gasteiger partial charge on any atom is 0.257 e. The molecule has 1 amide bonds. The molecule has 0 saturated heterocycles. The van der Waals surface area contributed by atoms with Gasteiger partial charge in [-0.2, -0.15) is 0 Å². The number of allylic oxidation sites excluding steroid dienone is 2. The fourth-order valence-corrected chi connectivity index (χ4v) is 4.31. The van der Waals surface area contributed by atoms with Crippen LogP contribution in [0.5, 0.6) is 0 Å². The highest BCUT2D eigenvalue weighted by atomic mass is 35.5. The van der Waals surface area contributed by atoms with Gasteiger partial charge in [-0.05, 0) is 44.0 Å². The van der Waals surface area contributed by atoms with Crippen LogP contribution in [0.4, 0.5) is 8.78 Å². The van der Waals surface area contributed by atoms with Crippen molar-refractivity contribution in [1.82, 2.24) is 5.32 Å². The Hall–Kier alpha value is -1.86. The fraction of sp³-hybridized carbons (Fsp3) is 0.333. The van der Waals surface area contributed by atoms with E-state index in [4.69, 9.17) is 17.3 Å². The number of carbonyl (C=O) groups excluding carboxylic acids is 1. The van der Waals surface area contributed by atoms with Crippen molar-refractivity contribution >= 4 is 34.4 Å². The molecule has 3 rings (SSSR count). The Bertz CT molecular complexity index is 840. The highest BCUT2D eigenvalue weighted by Gasteiger charge is 2.36. The van der Waals surface area contributed by atoms with Gasteiger partial charge in [0.1, 0.15) is 11.6 Å². The topological polar surface area (TPSA) is 67.5 Å². The predicted molar refractivity (Wildman–Crippen MR) is 101 cm³/mol. The molecule has 8 heteroatoms. The lowest BCUT2D eigenvalue weighted by atomic mass is 9.79. The van der Waals surface area contributed by atoms with E-state index in [-0.39, 0.29) is 22.2 Å². The number of benzene rings is 1. The van der Waals surface area contributed by atoms with Gasteiger partial charge in [-0.1, -0.05) is 29.4 Å². The zero-order valence-electron chi connectivity index (χ0n) is 14.1.